The fraction of sp³-hybridized carbons (Fsp3) is 0.267. The third-order valence-corrected chi connectivity index (χ3v) is 2.77. The lowest BCUT2D eigenvalue weighted by Crippen LogP contribution is -2.04. The third-order valence-electron chi connectivity index (χ3n) is 2.77. The lowest BCUT2D eigenvalue weighted by molar-refractivity contribution is 0.220. The summed E-state index contributed by atoms with van der Waals surface area (Å²) in [6.07, 6.45) is 2.17. The van der Waals surface area contributed by atoms with Gasteiger partial charge in [0.2, 0.25) is 0 Å². The molecule has 18 heavy (non-hydrogen) atoms. The molecule has 1 heterocycles. The predicted octanol–water partition coefficient (Wildman–Crippen LogP) is 2.99. The van der Waals surface area contributed by atoms with E-state index in [1.165, 1.54) is 0 Å². The Morgan fingerprint density at radius 2 is 1.89 bits per heavy atom. The van der Waals surface area contributed by atoms with E-state index in [4.69, 9.17) is 0 Å². The van der Waals surface area contributed by atoms with Crippen molar-refractivity contribution in [2.75, 3.05) is 11.9 Å². The van der Waals surface area contributed by atoms with Crippen molar-refractivity contribution in [1.29, 1.82) is 0 Å². The summed E-state index contributed by atoms with van der Waals surface area (Å²) < 4.78 is 0. The first-order chi connectivity index (χ1) is 8.81. The van der Waals surface area contributed by atoms with Crippen LogP contribution in [0.15, 0.2) is 48.7 Å². The second-order valence-electron chi connectivity index (χ2n) is 4.22. The van der Waals surface area contributed by atoms with E-state index in [1.54, 1.807) is 6.20 Å². The van der Waals surface area contributed by atoms with Crippen LogP contribution in [0.1, 0.15) is 30.6 Å². The Morgan fingerprint density at radius 3 is 2.50 bits per heavy atom. The van der Waals surface area contributed by atoms with Crippen LogP contribution < -0.4 is 5.32 Å². The highest BCUT2D eigenvalue weighted by Crippen LogP contribution is 2.21. The van der Waals surface area contributed by atoms with Crippen molar-refractivity contribution in [3.8, 4) is 0 Å². The number of hydrogen-bond donors (Lipinski definition) is 2. The van der Waals surface area contributed by atoms with Crippen LogP contribution in [0.5, 0.6) is 0 Å². The van der Waals surface area contributed by atoms with E-state index in [1.807, 2.05) is 42.5 Å². The van der Waals surface area contributed by atoms with E-state index in [-0.39, 0.29) is 0 Å². The zero-order valence-corrected chi connectivity index (χ0v) is 10.5. The smallest absolute Gasteiger partial charge is 0.125 e. The molecule has 1 aromatic carbocycles. The topological polar surface area (TPSA) is 45.1 Å². The van der Waals surface area contributed by atoms with Crippen molar-refractivity contribution < 1.29 is 5.11 Å². The second-order valence-corrected chi connectivity index (χ2v) is 4.22. The van der Waals surface area contributed by atoms with Gasteiger partial charge in [-0.1, -0.05) is 43.3 Å². The number of benzene rings is 1. The number of pyridine rings is 1. The number of hydrogen-bond acceptors (Lipinski definition) is 3. The standard InChI is InChI=1S/C15H18N2O/c1-2-10-16-14-9-8-13(11-17-14)15(18)12-6-4-3-5-7-12/h3-9,11,15,18H,2,10H2,1H3,(H,16,17)/t15-/m0/s1. The highest BCUT2D eigenvalue weighted by molar-refractivity contribution is 5.37. The summed E-state index contributed by atoms with van der Waals surface area (Å²) in [5.74, 6) is 0.848. The molecule has 0 fully saturated rings. The molecule has 2 rings (SSSR count). The van der Waals surface area contributed by atoms with Crippen molar-refractivity contribution >= 4 is 5.82 Å². The summed E-state index contributed by atoms with van der Waals surface area (Å²) in [5, 5.41) is 13.4. The first-order valence-electron chi connectivity index (χ1n) is 6.24. The molecule has 0 aliphatic heterocycles. The van der Waals surface area contributed by atoms with Crippen molar-refractivity contribution in [1.82, 2.24) is 4.98 Å². The Labute approximate surface area is 108 Å². The first kappa shape index (κ1) is 12.6. The summed E-state index contributed by atoms with van der Waals surface area (Å²) in [6, 6.07) is 13.4. The highest BCUT2D eigenvalue weighted by atomic mass is 16.3. The average molecular weight is 242 g/mol. The highest BCUT2D eigenvalue weighted by Gasteiger charge is 2.09. The number of aliphatic hydroxyl groups is 1. The van der Waals surface area contributed by atoms with Crippen molar-refractivity contribution in [2.24, 2.45) is 0 Å². The van der Waals surface area contributed by atoms with Gasteiger partial charge in [0, 0.05) is 18.3 Å². The Balaban J connectivity index is 2.09. The van der Waals surface area contributed by atoms with Gasteiger partial charge in [-0.25, -0.2) is 4.98 Å². The quantitative estimate of drug-likeness (QED) is 0.847. The molecule has 0 radical (unpaired) electrons. The van der Waals surface area contributed by atoms with E-state index in [0.717, 1.165) is 29.9 Å². The Hall–Kier alpha value is -1.87. The van der Waals surface area contributed by atoms with Gasteiger partial charge in [0.25, 0.3) is 0 Å². The van der Waals surface area contributed by atoms with Gasteiger partial charge in [-0.15, -0.1) is 0 Å². The van der Waals surface area contributed by atoms with Crippen LogP contribution in [-0.4, -0.2) is 16.6 Å². The van der Waals surface area contributed by atoms with Crippen LogP contribution in [0, 0.1) is 0 Å². The van der Waals surface area contributed by atoms with Crippen LogP contribution in [0.4, 0.5) is 5.82 Å². The molecule has 94 valence electrons. The SMILES string of the molecule is CCCNc1ccc([C@@H](O)c2ccccc2)cn1. The van der Waals surface area contributed by atoms with Gasteiger partial charge in [-0.2, -0.15) is 0 Å². The normalized spacial score (nSPS) is 12.1. The van der Waals surface area contributed by atoms with Gasteiger partial charge < -0.3 is 10.4 Å². The van der Waals surface area contributed by atoms with E-state index < -0.39 is 6.10 Å². The minimum absolute atomic E-state index is 0.612. The first-order valence-corrected chi connectivity index (χ1v) is 6.24. The summed E-state index contributed by atoms with van der Waals surface area (Å²) in [4.78, 5) is 4.29. The predicted molar refractivity (Wildman–Crippen MR) is 73.5 cm³/mol. The lowest BCUT2D eigenvalue weighted by atomic mass is 10.0. The molecule has 0 amide bonds. The second kappa shape index (κ2) is 6.17. The summed E-state index contributed by atoms with van der Waals surface area (Å²) in [5.41, 5.74) is 1.69. The molecule has 0 aliphatic rings. The Morgan fingerprint density at radius 1 is 1.11 bits per heavy atom. The van der Waals surface area contributed by atoms with E-state index in [9.17, 15) is 5.11 Å². The molecular formula is C15H18N2O. The largest absolute Gasteiger partial charge is 0.384 e. The molecule has 0 bridgehead atoms. The van der Waals surface area contributed by atoms with Gasteiger partial charge in [0.15, 0.2) is 0 Å². The maximum absolute atomic E-state index is 10.2. The molecule has 0 aliphatic carbocycles. The molecule has 2 aromatic rings. The average Bonchev–Trinajstić information content (AvgIpc) is 2.46. The number of nitrogens with zero attached hydrogens (tertiary/aromatic N) is 1. The third kappa shape index (κ3) is 3.08. The Bertz CT molecular complexity index is 468. The Kier molecular flexibility index (Phi) is 4.31. The molecule has 0 saturated heterocycles. The summed E-state index contributed by atoms with van der Waals surface area (Å²) in [7, 11) is 0. The van der Waals surface area contributed by atoms with Crippen LogP contribution >= 0.6 is 0 Å². The van der Waals surface area contributed by atoms with Crippen molar-refractivity contribution in [3.63, 3.8) is 0 Å². The molecule has 3 heteroatoms. The number of aliphatic hydroxyl groups excluding tert-OH is 1. The fourth-order valence-corrected chi connectivity index (χ4v) is 1.75. The molecule has 3 nitrogen and oxygen atoms in total. The van der Waals surface area contributed by atoms with Crippen molar-refractivity contribution in [2.45, 2.75) is 19.4 Å². The van der Waals surface area contributed by atoms with Gasteiger partial charge in [-0.3, -0.25) is 0 Å². The van der Waals surface area contributed by atoms with E-state index in [0.29, 0.717) is 0 Å². The minimum atomic E-state index is -0.612. The zero-order valence-electron chi connectivity index (χ0n) is 10.5. The van der Waals surface area contributed by atoms with E-state index in [2.05, 4.69) is 17.2 Å². The number of aromatic nitrogens is 1. The van der Waals surface area contributed by atoms with Gasteiger partial charge in [0.05, 0.1) is 0 Å². The molecule has 0 saturated carbocycles. The van der Waals surface area contributed by atoms with Crippen molar-refractivity contribution in [3.05, 3.63) is 59.8 Å². The number of nitrogens with one attached hydrogen (secondary N) is 1. The maximum Gasteiger partial charge on any atom is 0.125 e. The van der Waals surface area contributed by atoms with Crippen LogP contribution in [0.3, 0.4) is 0 Å². The van der Waals surface area contributed by atoms with Gasteiger partial charge in [-0.05, 0) is 18.1 Å². The minimum Gasteiger partial charge on any atom is -0.384 e. The molecule has 2 N–H and O–H groups in total. The molecule has 0 spiro atoms. The lowest BCUT2D eigenvalue weighted by Gasteiger charge is -2.11. The molecule has 0 unspecified atom stereocenters. The van der Waals surface area contributed by atoms with Crippen LogP contribution in [0.2, 0.25) is 0 Å². The zero-order chi connectivity index (χ0) is 12.8. The van der Waals surface area contributed by atoms with Crippen LogP contribution in [-0.2, 0) is 0 Å². The number of rotatable bonds is 5. The summed E-state index contributed by atoms with van der Waals surface area (Å²) >= 11 is 0. The van der Waals surface area contributed by atoms with Gasteiger partial charge in [0.1, 0.15) is 11.9 Å². The summed E-state index contributed by atoms with van der Waals surface area (Å²) in [6.45, 7) is 3.02. The molecule has 1 atom stereocenters. The number of anilines is 1. The van der Waals surface area contributed by atoms with E-state index >= 15 is 0 Å². The molecule has 1 aromatic heterocycles. The molecular weight excluding hydrogens is 224 g/mol. The van der Waals surface area contributed by atoms with Crippen LogP contribution in [0.25, 0.3) is 0 Å². The fourth-order valence-electron chi connectivity index (χ4n) is 1.75. The maximum atomic E-state index is 10.2. The monoisotopic (exact) mass is 242 g/mol. The van der Waals surface area contributed by atoms with Gasteiger partial charge >= 0.3 is 0 Å².